The predicted molar refractivity (Wildman–Crippen MR) is 93.4 cm³/mol. The molecule has 1 aliphatic rings. The summed E-state index contributed by atoms with van der Waals surface area (Å²) in [7, 11) is 0. The van der Waals surface area contributed by atoms with E-state index in [1.807, 2.05) is 30.3 Å². The lowest BCUT2D eigenvalue weighted by atomic mass is 10.1. The summed E-state index contributed by atoms with van der Waals surface area (Å²) in [5.41, 5.74) is 2.50. The molecule has 0 saturated carbocycles. The Morgan fingerprint density at radius 3 is 3.13 bits per heavy atom. The third-order valence-electron chi connectivity index (χ3n) is 4.28. The van der Waals surface area contributed by atoms with Gasteiger partial charge in [-0.15, -0.1) is 0 Å². The highest BCUT2D eigenvalue weighted by Crippen LogP contribution is 2.24. The second-order valence-corrected chi connectivity index (χ2v) is 5.91. The van der Waals surface area contributed by atoms with Gasteiger partial charge in [-0.05, 0) is 43.7 Å². The molecule has 0 aliphatic carbocycles. The van der Waals surface area contributed by atoms with E-state index in [4.69, 9.17) is 4.98 Å². The smallest absolute Gasteiger partial charge is 0.181 e. The van der Waals surface area contributed by atoms with Gasteiger partial charge in [-0.3, -0.25) is 5.10 Å². The van der Waals surface area contributed by atoms with Crippen LogP contribution in [0.3, 0.4) is 0 Å². The fourth-order valence-corrected chi connectivity index (χ4v) is 3.04. The maximum Gasteiger partial charge on any atom is 0.181 e. The summed E-state index contributed by atoms with van der Waals surface area (Å²) in [5.74, 6) is 0.890. The largest absolute Gasteiger partial charge is 0.368 e. The minimum absolute atomic E-state index is 0. The number of aromatic nitrogens is 4. The lowest BCUT2D eigenvalue weighted by molar-refractivity contribution is 0.414. The quantitative estimate of drug-likeness (QED) is 0.690. The van der Waals surface area contributed by atoms with Crippen molar-refractivity contribution in [1.29, 1.82) is 0 Å². The third kappa shape index (κ3) is 3.03. The van der Waals surface area contributed by atoms with Crippen LogP contribution >= 0.6 is 0 Å². The van der Waals surface area contributed by atoms with Crippen molar-refractivity contribution in [3.63, 3.8) is 0 Å². The van der Waals surface area contributed by atoms with Crippen molar-refractivity contribution in [2.75, 3.05) is 18.4 Å². The van der Waals surface area contributed by atoms with Crippen LogP contribution in [-0.2, 0) is 0 Å². The molecule has 3 N–H and O–H groups in total. The van der Waals surface area contributed by atoms with Crippen LogP contribution in [0.2, 0.25) is 0 Å². The van der Waals surface area contributed by atoms with E-state index in [1.54, 1.807) is 6.20 Å². The van der Waals surface area contributed by atoms with Crippen LogP contribution in [0.15, 0.2) is 36.5 Å². The number of rotatable bonds is 4. The molecule has 1 fully saturated rings. The first-order chi connectivity index (χ1) is 11.4. The van der Waals surface area contributed by atoms with Gasteiger partial charge in [0.15, 0.2) is 5.65 Å². The number of nitrogens with zero attached hydrogens (tertiary/aromatic N) is 3. The molecular weight excluding hydrogens is 288 g/mol. The number of hydrogen-bond donors (Lipinski definition) is 3. The molecule has 1 saturated heterocycles. The molecular formula is C17H22N6. The predicted octanol–water partition coefficient (Wildman–Crippen LogP) is 2.82. The molecule has 0 aromatic carbocycles. The van der Waals surface area contributed by atoms with Gasteiger partial charge in [0.05, 0.1) is 11.4 Å². The number of aromatic amines is 1. The van der Waals surface area contributed by atoms with Crippen LogP contribution in [0.25, 0.3) is 22.4 Å². The molecule has 6 nitrogen and oxygen atoms in total. The summed E-state index contributed by atoms with van der Waals surface area (Å²) in [6.07, 6.45) is 5.56. The number of H-pyrrole nitrogens is 1. The van der Waals surface area contributed by atoms with Crippen molar-refractivity contribution in [3.8, 4) is 11.4 Å². The van der Waals surface area contributed by atoms with Crippen LogP contribution in [0.1, 0.15) is 20.7 Å². The zero-order chi connectivity index (χ0) is 15.5. The van der Waals surface area contributed by atoms with Gasteiger partial charge in [-0.2, -0.15) is 5.10 Å². The lowest BCUT2D eigenvalue weighted by Crippen LogP contribution is -2.39. The molecule has 4 rings (SSSR count). The summed E-state index contributed by atoms with van der Waals surface area (Å²) >= 11 is 0. The molecule has 0 bridgehead atoms. The minimum atomic E-state index is 0. The number of piperidine rings is 1. The molecule has 3 aromatic rings. The van der Waals surface area contributed by atoms with Gasteiger partial charge in [0.2, 0.25) is 0 Å². The molecule has 0 spiro atoms. The molecule has 1 aliphatic heterocycles. The maximum absolute atomic E-state index is 4.71. The van der Waals surface area contributed by atoms with Crippen LogP contribution in [0.5, 0.6) is 0 Å². The van der Waals surface area contributed by atoms with Crippen molar-refractivity contribution in [2.24, 2.45) is 0 Å². The molecule has 0 amide bonds. The van der Waals surface area contributed by atoms with E-state index < -0.39 is 0 Å². The number of pyridine rings is 2. The summed E-state index contributed by atoms with van der Waals surface area (Å²) in [4.78, 5) is 8.97. The number of hydrogen-bond acceptors (Lipinski definition) is 5. The first-order valence-corrected chi connectivity index (χ1v) is 8.14. The van der Waals surface area contributed by atoms with E-state index in [9.17, 15) is 0 Å². The molecule has 1 atom stereocenters. The average Bonchev–Trinajstić information content (AvgIpc) is 3.05. The number of nitrogens with one attached hydrogen (secondary N) is 3. The SMILES string of the molecule is [HH].c1cc(NCC2CCCCN2)nc(-c2[nH]nc3ncccc23)c1. The summed E-state index contributed by atoms with van der Waals surface area (Å²) in [6.45, 7) is 2.02. The van der Waals surface area contributed by atoms with E-state index in [2.05, 4.69) is 25.8 Å². The topological polar surface area (TPSA) is 78.5 Å². The van der Waals surface area contributed by atoms with Crippen LogP contribution < -0.4 is 10.6 Å². The van der Waals surface area contributed by atoms with Gasteiger partial charge in [0, 0.05) is 25.6 Å². The van der Waals surface area contributed by atoms with Crippen molar-refractivity contribution in [2.45, 2.75) is 25.3 Å². The molecule has 0 radical (unpaired) electrons. The van der Waals surface area contributed by atoms with Crippen LogP contribution in [0, 0.1) is 0 Å². The Balaban J connectivity index is 0.00000169. The van der Waals surface area contributed by atoms with Gasteiger partial charge >= 0.3 is 0 Å². The summed E-state index contributed by atoms with van der Waals surface area (Å²) < 4.78 is 0. The molecule has 3 aromatic heterocycles. The van der Waals surface area contributed by atoms with E-state index in [-0.39, 0.29) is 1.43 Å². The molecule has 6 heteroatoms. The Morgan fingerprint density at radius 1 is 1.22 bits per heavy atom. The monoisotopic (exact) mass is 310 g/mol. The standard InChI is InChI=1S/C17H20N6.H2/c1-2-9-18-12(5-1)11-20-15-8-3-7-14(21-15)16-13-6-4-10-19-17(13)23-22-16;/h3-4,6-8,10,12,18H,1-2,5,9,11H2,(H,20,21)(H,19,22,23);1H. The fourth-order valence-electron chi connectivity index (χ4n) is 3.04. The van der Waals surface area contributed by atoms with Gasteiger partial charge in [-0.25, -0.2) is 9.97 Å². The van der Waals surface area contributed by atoms with Crippen LogP contribution in [0.4, 0.5) is 5.82 Å². The average molecular weight is 310 g/mol. The first kappa shape index (κ1) is 14.1. The van der Waals surface area contributed by atoms with Gasteiger partial charge < -0.3 is 10.6 Å². The number of fused-ring (bicyclic) bond motifs is 1. The Hall–Kier alpha value is -2.47. The van der Waals surface area contributed by atoms with Crippen molar-refractivity contribution < 1.29 is 1.43 Å². The zero-order valence-electron chi connectivity index (χ0n) is 12.9. The summed E-state index contributed by atoms with van der Waals surface area (Å²) in [6, 6.07) is 10.5. The first-order valence-electron chi connectivity index (χ1n) is 8.14. The second kappa shape index (κ2) is 6.34. The maximum atomic E-state index is 4.71. The van der Waals surface area contributed by atoms with Gasteiger partial charge in [0.25, 0.3) is 0 Å². The Kier molecular flexibility index (Phi) is 3.90. The van der Waals surface area contributed by atoms with Crippen molar-refractivity contribution in [1.82, 2.24) is 25.5 Å². The molecule has 4 heterocycles. The van der Waals surface area contributed by atoms with Crippen molar-refractivity contribution >= 4 is 16.9 Å². The summed E-state index contributed by atoms with van der Waals surface area (Å²) in [5, 5.41) is 15.3. The van der Waals surface area contributed by atoms with Gasteiger partial charge in [0.1, 0.15) is 5.82 Å². The van der Waals surface area contributed by atoms with Gasteiger partial charge in [-0.1, -0.05) is 12.5 Å². The normalized spacial score (nSPS) is 18.2. The molecule has 23 heavy (non-hydrogen) atoms. The molecule has 120 valence electrons. The highest BCUT2D eigenvalue weighted by Gasteiger charge is 2.13. The van der Waals surface area contributed by atoms with Crippen LogP contribution in [-0.4, -0.2) is 39.3 Å². The highest BCUT2D eigenvalue weighted by atomic mass is 15.2. The lowest BCUT2D eigenvalue weighted by Gasteiger charge is -2.23. The van der Waals surface area contributed by atoms with Crippen molar-refractivity contribution in [3.05, 3.63) is 36.5 Å². The second-order valence-electron chi connectivity index (χ2n) is 5.91. The zero-order valence-corrected chi connectivity index (χ0v) is 12.9. The third-order valence-corrected chi connectivity index (χ3v) is 4.28. The van der Waals surface area contributed by atoms with E-state index in [0.717, 1.165) is 35.7 Å². The Bertz CT molecular complexity index is 796. The van der Waals surface area contributed by atoms with E-state index >= 15 is 0 Å². The Labute approximate surface area is 136 Å². The highest BCUT2D eigenvalue weighted by molar-refractivity contribution is 5.89. The Morgan fingerprint density at radius 2 is 2.22 bits per heavy atom. The van der Waals surface area contributed by atoms with E-state index in [1.165, 1.54) is 19.3 Å². The molecule has 1 unspecified atom stereocenters. The fraction of sp³-hybridized carbons (Fsp3) is 0.353. The number of anilines is 1. The van der Waals surface area contributed by atoms with E-state index in [0.29, 0.717) is 11.7 Å². The minimum Gasteiger partial charge on any atom is -0.368 e.